The van der Waals surface area contributed by atoms with E-state index >= 15 is 0 Å². The number of fused-ring (bicyclic) bond motifs is 1. The van der Waals surface area contributed by atoms with Crippen LogP contribution in [0.1, 0.15) is 17.2 Å². The lowest BCUT2D eigenvalue weighted by Gasteiger charge is -2.28. The monoisotopic (exact) mass is 303 g/mol. The van der Waals surface area contributed by atoms with Gasteiger partial charge in [0, 0.05) is 10.0 Å². The Labute approximate surface area is 115 Å². The van der Waals surface area contributed by atoms with E-state index in [-0.39, 0.29) is 6.10 Å². The lowest BCUT2D eigenvalue weighted by Crippen LogP contribution is -2.23. The van der Waals surface area contributed by atoms with Gasteiger partial charge >= 0.3 is 0 Å². The Morgan fingerprint density at radius 1 is 1.22 bits per heavy atom. The molecule has 1 N–H and O–H groups in total. The van der Waals surface area contributed by atoms with E-state index in [4.69, 9.17) is 4.74 Å². The molecule has 0 radical (unpaired) electrons. The lowest BCUT2D eigenvalue weighted by atomic mass is 10.1. The third kappa shape index (κ3) is 2.10. The molecule has 0 fully saturated rings. The highest BCUT2D eigenvalue weighted by Gasteiger charge is 2.22. The van der Waals surface area contributed by atoms with Gasteiger partial charge in [0.2, 0.25) is 0 Å². The van der Waals surface area contributed by atoms with Crippen molar-refractivity contribution in [3.05, 3.63) is 58.1 Å². The average molecular weight is 304 g/mol. The summed E-state index contributed by atoms with van der Waals surface area (Å²) in [6.07, 6.45) is 0.0508. The predicted molar refractivity (Wildman–Crippen MR) is 77.2 cm³/mol. The van der Waals surface area contributed by atoms with Crippen molar-refractivity contribution in [3.8, 4) is 5.75 Å². The molecular formula is C15H14BrNO. The van der Waals surface area contributed by atoms with E-state index in [1.165, 1.54) is 11.1 Å². The average Bonchev–Trinajstić information content (AvgIpc) is 2.38. The van der Waals surface area contributed by atoms with Gasteiger partial charge in [-0.3, -0.25) is 0 Å². The van der Waals surface area contributed by atoms with Crippen molar-refractivity contribution in [1.82, 2.24) is 0 Å². The van der Waals surface area contributed by atoms with Gasteiger partial charge in [-0.2, -0.15) is 0 Å². The van der Waals surface area contributed by atoms with E-state index in [0.29, 0.717) is 0 Å². The fourth-order valence-electron chi connectivity index (χ4n) is 2.18. The summed E-state index contributed by atoms with van der Waals surface area (Å²) in [4.78, 5) is 0. The van der Waals surface area contributed by atoms with E-state index in [2.05, 4.69) is 52.4 Å². The van der Waals surface area contributed by atoms with Crippen LogP contribution in [0, 0.1) is 6.92 Å². The highest BCUT2D eigenvalue weighted by Crippen LogP contribution is 2.36. The molecule has 2 nitrogen and oxygen atoms in total. The molecule has 0 amide bonds. The molecule has 18 heavy (non-hydrogen) atoms. The van der Waals surface area contributed by atoms with E-state index in [9.17, 15) is 0 Å². The van der Waals surface area contributed by atoms with Gasteiger partial charge in [-0.1, -0.05) is 40.2 Å². The van der Waals surface area contributed by atoms with Crippen LogP contribution in [0.4, 0.5) is 5.69 Å². The Morgan fingerprint density at radius 3 is 2.89 bits per heavy atom. The Bertz CT molecular complexity index is 582. The maximum atomic E-state index is 6.09. The Kier molecular flexibility index (Phi) is 3.00. The summed E-state index contributed by atoms with van der Waals surface area (Å²) >= 11 is 3.58. The predicted octanol–water partition coefficient (Wildman–Crippen LogP) is 4.30. The highest BCUT2D eigenvalue weighted by atomic mass is 79.9. The summed E-state index contributed by atoms with van der Waals surface area (Å²) in [5.74, 6) is 0.932. The van der Waals surface area contributed by atoms with Gasteiger partial charge in [0.05, 0.1) is 12.2 Å². The minimum absolute atomic E-state index is 0.0508. The fourth-order valence-corrected chi connectivity index (χ4v) is 2.72. The van der Waals surface area contributed by atoms with Gasteiger partial charge in [0.1, 0.15) is 11.9 Å². The molecule has 0 bridgehead atoms. The van der Waals surface area contributed by atoms with Gasteiger partial charge in [0.15, 0.2) is 0 Å². The molecule has 0 saturated carbocycles. The van der Waals surface area contributed by atoms with Crippen molar-refractivity contribution in [3.63, 3.8) is 0 Å². The van der Waals surface area contributed by atoms with Crippen molar-refractivity contribution in [1.29, 1.82) is 0 Å². The normalized spacial score (nSPS) is 17.6. The number of hydrogen-bond acceptors (Lipinski definition) is 2. The van der Waals surface area contributed by atoms with Crippen molar-refractivity contribution in [2.24, 2.45) is 0 Å². The molecule has 1 heterocycles. The lowest BCUT2D eigenvalue weighted by molar-refractivity contribution is 0.209. The molecule has 2 aromatic rings. The molecule has 1 aliphatic heterocycles. The molecule has 92 valence electrons. The minimum atomic E-state index is 0.0508. The fraction of sp³-hybridized carbons (Fsp3) is 0.200. The molecule has 1 atom stereocenters. The Hall–Kier alpha value is -1.48. The van der Waals surface area contributed by atoms with Crippen molar-refractivity contribution >= 4 is 21.6 Å². The van der Waals surface area contributed by atoms with Gasteiger partial charge < -0.3 is 10.1 Å². The zero-order valence-electron chi connectivity index (χ0n) is 10.1. The van der Waals surface area contributed by atoms with Crippen LogP contribution in [0.25, 0.3) is 0 Å². The molecule has 3 rings (SSSR count). The second-order valence-corrected chi connectivity index (χ2v) is 5.36. The maximum Gasteiger partial charge on any atom is 0.143 e. The number of aryl methyl sites for hydroxylation is 1. The molecule has 2 aromatic carbocycles. The zero-order chi connectivity index (χ0) is 12.5. The maximum absolute atomic E-state index is 6.09. The second kappa shape index (κ2) is 4.65. The zero-order valence-corrected chi connectivity index (χ0v) is 11.7. The van der Waals surface area contributed by atoms with E-state index in [1.807, 2.05) is 18.2 Å². The van der Waals surface area contributed by atoms with E-state index in [0.717, 1.165) is 22.5 Å². The SMILES string of the molecule is Cc1ccc2c(c1)OC(c1ccccc1Br)CN2. The first kappa shape index (κ1) is 11.6. The highest BCUT2D eigenvalue weighted by molar-refractivity contribution is 9.10. The van der Waals surface area contributed by atoms with Gasteiger partial charge in [-0.25, -0.2) is 0 Å². The third-order valence-corrected chi connectivity index (χ3v) is 3.86. The summed E-state index contributed by atoms with van der Waals surface area (Å²) in [6, 6.07) is 14.4. The first-order valence-electron chi connectivity index (χ1n) is 5.99. The number of ether oxygens (including phenoxy) is 1. The van der Waals surface area contributed by atoms with Crippen LogP contribution in [0.15, 0.2) is 46.9 Å². The van der Waals surface area contributed by atoms with E-state index in [1.54, 1.807) is 0 Å². The molecule has 0 spiro atoms. The molecule has 3 heteroatoms. The van der Waals surface area contributed by atoms with Crippen LogP contribution >= 0.6 is 15.9 Å². The van der Waals surface area contributed by atoms with Crippen LogP contribution in [0.3, 0.4) is 0 Å². The molecular weight excluding hydrogens is 290 g/mol. The summed E-state index contributed by atoms with van der Waals surface area (Å²) < 4.78 is 7.18. The summed E-state index contributed by atoms with van der Waals surface area (Å²) in [7, 11) is 0. The number of hydrogen-bond donors (Lipinski definition) is 1. The number of halogens is 1. The first-order chi connectivity index (χ1) is 8.74. The standard InChI is InChI=1S/C15H14BrNO/c1-10-6-7-13-14(8-10)18-15(9-17-13)11-4-2-3-5-12(11)16/h2-8,15,17H,9H2,1H3. The van der Waals surface area contributed by atoms with Crippen molar-refractivity contribution in [2.75, 3.05) is 11.9 Å². The summed E-state index contributed by atoms with van der Waals surface area (Å²) in [6.45, 7) is 2.87. The molecule has 0 saturated heterocycles. The van der Waals surface area contributed by atoms with Gasteiger partial charge in [0.25, 0.3) is 0 Å². The number of rotatable bonds is 1. The summed E-state index contributed by atoms with van der Waals surface area (Å²) in [5, 5.41) is 3.42. The molecule has 0 aliphatic carbocycles. The van der Waals surface area contributed by atoms with Crippen molar-refractivity contribution < 1.29 is 4.74 Å². The number of anilines is 1. The van der Waals surface area contributed by atoms with E-state index < -0.39 is 0 Å². The van der Waals surface area contributed by atoms with Crippen LogP contribution < -0.4 is 10.1 Å². The largest absolute Gasteiger partial charge is 0.482 e. The Balaban J connectivity index is 1.93. The Morgan fingerprint density at radius 2 is 2.06 bits per heavy atom. The van der Waals surface area contributed by atoms with Crippen LogP contribution in [-0.2, 0) is 0 Å². The topological polar surface area (TPSA) is 21.3 Å². The first-order valence-corrected chi connectivity index (χ1v) is 6.79. The third-order valence-electron chi connectivity index (χ3n) is 3.14. The van der Waals surface area contributed by atoms with Crippen LogP contribution in [-0.4, -0.2) is 6.54 Å². The molecule has 1 unspecified atom stereocenters. The molecule has 0 aromatic heterocycles. The van der Waals surface area contributed by atoms with Crippen molar-refractivity contribution in [2.45, 2.75) is 13.0 Å². The summed E-state index contributed by atoms with van der Waals surface area (Å²) in [5.41, 5.74) is 3.46. The van der Waals surface area contributed by atoms with Crippen LogP contribution in [0.2, 0.25) is 0 Å². The second-order valence-electron chi connectivity index (χ2n) is 4.51. The van der Waals surface area contributed by atoms with Gasteiger partial charge in [-0.15, -0.1) is 0 Å². The van der Waals surface area contributed by atoms with Gasteiger partial charge in [-0.05, 0) is 30.7 Å². The number of benzene rings is 2. The molecule has 1 aliphatic rings. The quantitative estimate of drug-likeness (QED) is 0.848. The smallest absolute Gasteiger partial charge is 0.143 e. The van der Waals surface area contributed by atoms with Crippen LogP contribution in [0.5, 0.6) is 5.75 Å². The number of nitrogens with one attached hydrogen (secondary N) is 1. The minimum Gasteiger partial charge on any atom is -0.482 e.